The van der Waals surface area contributed by atoms with E-state index in [1.54, 1.807) is 13.0 Å². The van der Waals surface area contributed by atoms with Crippen molar-refractivity contribution in [2.24, 2.45) is 0 Å². The zero-order chi connectivity index (χ0) is 19.1. The SMILES string of the molecule is Cc1[nH]n2c(=O)cc(-c3ccc(C=O)nc3)nc2c1-c1ccc(F)cc1F. The molecule has 0 aliphatic rings. The monoisotopic (exact) mass is 366 g/mol. The summed E-state index contributed by atoms with van der Waals surface area (Å²) in [6.45, 7) is 1.67. The first kappa shape index (κ1) is 16.8. The summed E-state index contributed by atoms with van der Waals surface area (Å²) in [7, 11) is 0. The van der Waals surface area contributed by atoms with Gasteiger partial charge in [-0.25, -0.2) is 18.3 Å². The predicted molar refractivity (Wildman–Crippen MR) is 94.5 cm³/mol. The fourth-order valence-electron chi connectivity index (χ4n) is 2.94. The number of halogens is 2. The van der Waals surface area contributed by atoms with Crippen molar-refractivity contribution in [2.45, 2.75) is 6.92 Å². The molecule has 0 unspecified atom stereocenters. The van der Waals surface area contributed by atoms with Crippen molar-refractivity contribution in [2.75, 3.05) is 0 Å². The number of hydrogen-bond acceptors (Lipinski definition) is 4. The van der Waals surface area contributed by atoms with Crippen molar-refractivity contribution in [1.29, 1.82) is 0 Å². The Balaban J connectivity index is 1.98. The maximum Gasteiger partial charge on any atom is 0.273 e. The average molecular weight is 366 g/mol. The third kappa shape index (κ3) is 2.80. The van der Waals surface area contributed by atoms with Crippen LogP contribution in [0.15, 0.2) is 47.4 Å². The van der Waals surface area contributed by atoms with Crippen LogP contribution in [-0.4, -0.2) is 25.9 Å². The summed E-state index contributed by atoms with van der Waals surface area (Å²) in [6, 6.07) is 7.67. The number of hydrogen-bond donors (Lipinski definition) is 1. The number of aromatic nitrogens is 4. The second-order valence-corrected chi connectivity index (χ2v) is 5.96. The zero-order valence-corrected chi connectivity index (χ0v) is 14.0. The Hall–Kier alpha value is -3.68. The van der Waals surface area contributed by atoms with Gasteiger partial charge in [0.05, 0.1) is 5.69 Å². The largest absolute Gasteiger partial charge is 0.296 e. The lowest BCUT2D eigenvalue weighted by Gasteiger charge is -2.05. The van der Waals surface area contributed by atoms with Crippen LogP contribution in [0.25, 0.3) is 28.0 Å². The van der Waals surface area contributed by atoms with Crippen molar-refractivity contribution in [1.82, 2.24) is 19.6 Å². The number of H-pyrrole nitrogens is 1. The molecule has 0 atom stereocenters. The normalized spacial score (nSPS) is 11.1. The maximum absolute atomic E-state index is 14.3. The molecular formula is C19H12F2N4O2. The molecule has 6 nitrogen and oxygen atoms in total. The molecular weight excluding hydrogens is 354 g/mol. The van der Waals surface area contributed by atoms with Gasteiger partial charge in [0.2, 0.25) is 0 Å². The molecule has 4 aromatic rings. The summed E-state index contributed by atoms with van der Waals surface area (Å²) in [4.78, 5) is 31.7. The minimum absolute atomic E-state index is 0.131. The summed E-state index contributed by atoms with van der Waals surface area (Å²) in [5.41, 5.74) is 1.93. The summed E-state index contributed by atoms with van der Waals surface area (Å²) in [5, 5.41) is 2.85. The molecule has 0 saturated heterocycles. The first-order valence-electron chi connectivity index (χ1n) is 7.97. The summed E-state index contributed by atoms with van der Waals surface area (Å²) in [6.07, 6.45) is 2.04. The molecule has 0 aliphatic carbocycles. The van der Waals surface area contributed by atoms with E-state index >= 15 is 0 Å². The van der Waals surface area contributed by atoms with E-state index in [2.05, 4.69) is 15.1 Å². The molecule has 0 radical (unpaired) electrons. The second kappa shape index (κ2) is 6.24. The minimum Gasteiger partial charge on any atom is -0.296 e. The Morgan fingerprint density at radius 1 is 1.15 bits per heavy atom. The van der Waals surface area contributed by atoms with Crippen LogP contribution in [0.4, 0.5) is 8.78 Å². The van der Waals surface area contributed by atoms with Gasteiger partial charge in [-0.05, 0) is 31.2 Å². The Labute approximate surface area is 151 Å². The van der Waals surface area contributed by atoms with Gasteiger partial charge in [-0.3, -0.25) is 19.7 Å². The smallest absolute Gasteiger partial charge is 0.273 e. The molecule has 0 bridgehead atoms. The van der Waals surface area contributed by atoms with Crippen molar-refractivity contribution in [3.63, 3.8) is 0 Å². The van der Waals surface area contributed by atoms with Crippen LogP contribution < -0.4 is 5.56 Å². The molecule has 0 saturated carbocycles. The van der Waals surface area contributed by atoms with Crippen LogP contribution in [0.2, 0.25) is 0 Å². The first-order valence-corrected chi connectivity index (χ1v) is 7.97. The number of aryl methyl sites for hydroxylation is 1. The second-order valence-electron chi connectivity index (χ2n) is 5.96. The van der Waals surface area contributed by atoms with Gasteiger partial charge in [-0.1, -0.05) is 0 Å². The molecule has 3 aromatic heterocycles. The Bertz CT molecular complexity index is 1240. The number of fused-ring (bicyclic) bond motifs is 1. The average Bonchev–Trinajstić information content (AvgIpc) is 2.98. The van der Waals surface area contributed by atoms with Gasteiger partial charge in [0.1, 0.15) is 17.3 Å². The van der Waals surface area contributed by atoms with Crippen LogP contribution in [0.5, 0.6) is 0 Å². The lowest BCUT2D eigenvalue weighted by molar-refractivity contribution is 0.111. The highest BCUT2D eigenvalue weighted by molar-refractivity contribution is 5.81. The quantitative estimate of drug-likeness (QED) is 0.565. The van der Waals surface area contributed by atoms with E-state index in [0.717, 1.165) is 12.1 Å². The fourth-order valence-corrected chi connectivity index (χ4v) is 2.94. The standard InChI is InChI=1S/C19H12F2N4O2/c1-10-18(14-5-3-12(20)6-15(14)21)19-23-16(7-17(27)25(19)24-10)11-2-4-13(9-26)22-8-11/h2-9,24H,1H3. The van der Waals surface area contributed by atoms with Crippen molar-refractivity contribution < 1.29 is 13.6 Å². The molecule has 4 rings (SSSR count). The number of nitrogens with one attached hydrogen (secondary N) is 1. The Morgan fingerprint density at radius 3 is 2.63 bits per heavy atom. The van der Waals surface area contributed by atoms with Crippen LogP contribution in [-0.2, 0) is 0 Å². The highest BCUT2D eigenvalue weighted by Crippen LogP contribution is 2.30. The molecule has 0 aliphatic heterocycles. The third-order valence-corrected chi connectivity index (χ3v) is 4.20. The van der Waals surface area contributed by atoms with Crippen LogP contribution in [0.1, 0.15) is 16.2 Å². The van der Waals surface area contributed by atoms with Crippen molar-refractivity contribution in [3.05, 3.63) is 76.0 Å². The number of rotatable bonds is 3. The van der Waals surface area contributed by atoms with Crippen molar-refractivity contribution >= 4 is 11.9 Å². The molecule has 27 heavy (non-hydrogen) atoms. The summed E-state index contributed by atoms with van der Waals surface area (Å²) >= 11 is 0. The van der Waals surface area contributed by atoms with Gasteiger partial charge < -0.3 is 0 Å². The van der Waals surface area contributed by atoms with Crippen LogP contribution >= 0.6 is 0 Å². The Morgan fingerprint density at radius 2 is 1.96 bits per heavy atom. The van der Waals surface area contributed by atoms with Gasteiger partial charge in [0.15, 0.2) is 11.9 Å². The highest BCUT2D eigenvalue weighted by atomic mass is 19.1. The highest BCUT2D eigenvalue weighted by Gasteiger charge is 2.18. The molecule has 0 spiro atoms. The molecule has 0 fully saturated rings. The van der Waals surface area contributed by atoms with E-state index in [1.807, 2.05) is 0 Å². The number of carbonyl (C=O) groups excluding carboxylic acids is 1. The molecule has 3 heterocycles. The number of aromatic amines is 1. The molecule has 0 amide bonds. The first-order chi connectivity index (χ1) is 13.0. The molecule has 1 aromatic carbocycles. The number of aldehydes is 1. The maximum atomic E-state index is 14.3. The lowest BCUT2D eigenvalue weighted by atomic mass is 10.1. The van der Waals surface area contributed by atoms with E-state index in [4.69, 9.17) is 0 Å². The molecule has 8 heteroatoms. The topological polar surface area (TPSA) is 80.1 Å². The van der Waals surface area contributed by atoms with E-state index in [0.29, 0.717) is 28.8 Å². The van der Waals surface area contributed by atoms with Gasteiger partial charge in [0.25, 0.3) is 5.56 Å². The van der Waals surface area contributed by atoms with E-state index in [-0.39, 0.29) is 16.9 Å². The number of benzene rings is 1. The van der Waals surface area contributed by atoms with Crippen LogP contribution in [0, 0.1) is 18.6 Å². The summed E-state index contributed by atoms with van der Waals surface area (Å²) < 4.78 is 28.8. The fraction of sp³-hybridized carbons (Fsp3) is 0.0526. The molecule has 134 valence electrons. The Kier molecular flexibility index (Phi) is 3.88. The minimum atomic E-state index is -0.753. The van der Waals surface area contributed by atoms with Gasteiger partial charge >= 0.3 is 0 Å². The number of nitrogens with zero attached hydrogens (tertiary/aromatic N) is 3. The predicted octanol–water partition coefficient (Wildman–Crippen LogP) is 3.15. The number of pyridine rings is 1. The number of carbonyl (C=O) groups is 1. The van der Waals surface area contributed by atoms with Gasteiger partial charge in [-0.2, -0.15) is 0 Å². The molecule has 1 N–H and O–H groups in total. The zero-order valence-electron chi connectivity index (χ0n) is 14.0. The van der Waals surface area contributed by atoms with Gasteiger partial charge in [0, 0.05) is 40.7 Å². The van der Waals surface area contributed by atoms with E-state index < -0.39 is 17.2 Å². The van der Waals surface area contributed by atoms with Crippen LogP contribution in [0.3, 0.4) is 0 Å². The third-order valence-electron chi connectivity index (χ3n) is 4.20. The lowest BCUT2D eigenvalue weighted by Crippen LogP contribution is -2.14. The summed E-state index contributed by atoms with van der Waals surface area (Å²) in [5.74, 6) is -1.45. The van der Waals surface area contributed by atoms with E-state index in [9.17, 15) is 18.4 Å². The van der Waals surface area contributed by atoms with Gasteiger partial charge in [-0.15, -0.1) is 0 Å². The van der Waals surface area contributed by atoms with E-state index in [1.165, 1.54) is 28.9 Å². The van der Waals surface area contributed by atoms with Crippen molar-refractivity contribution in [3.8, 4) is 22.4 Å².